The normalized spacial score (nSPS) is 17.8. The van der Waals surface area contributed by atoms with Gasteiger partial charge < -0.3 is 19.5 Å². The maximum Gasteiger partial charge on any atom is 0.231 e. The van der Waals surface area contributed by atoms with Crippen LogP contribution in [0.1, 0.15) is 5.56 Å². The van der Waals surface area contributed by atoms with Crippen LogP contribution in [-0.4, -0.2) is 43.2 Å². The minimum Gasteiger partial charge on any atom is -0.454 e. The number of nitrogens with one attached hydrogen (secondary N) is 2. The first-order valence-electron chi connectivity index (χ1n) is 6.57. The van der Waals surface area contributed by atoms with Crippen molar-refractivity contribution in [3.63, 3.8) is 0 Å². The molecular formula is C13H17N3O3S. The second kappa shape index (κ2) is 6.25. The van der Waals surface area contributed by atoms with Crippen molar-refractivity contribution < 1.29 is 14.2 Å². The van der Waals surface area contributed by atoms with Crippen LogP contribution in [0.2, 0.25) is 0 Å². The van der Waals surface area contributed by atoms with Crippen molar-refractivity contribution in [2.45, 2.75) is 6.54 Å². The second-order valence-electron chi connectivity index (χ2n) is 4.58. The Balaban J connectivity index is 1.47. The third-order valence-electron chi connectivity index (χ3n) is 3.16. The summed E-state index contributed by atoms with van der Waals surface area (Å²) in [7, 11) is 0. The van der Waals surface area contributed by atoms with E-state index in [1.165, 1.54) is 0 Å². The summed E-state index contributed by atoms with van der Waals surface area (Å²) in [6, 6.07) is 5.88. The van der Waals surface area contributed by atoms with Crippen LogP contribution >= 0.6 is 12.2 Å². The van der Waals surface area contributed by atoms with Crippen molar-refractivity contribution in [2.75, 3.05) is 33.1 Å². The van der Waals surface area contributed by atoms with Gasteiger partial charge in [0, 0.05) is 19.6 Å². The molecule has 0 radical (unpaired) electrons. The number of benzene rings is 1. The molecule has 2 N–H and O–H groups in total. The summed E-state index contributed by atoms with van der Waals surface area (Å²) in [5, 5.41) is 5.85. The summed E-state index contributed by atoms with van der Waals surface area (Å²) in [5.74, 6) is 1.58. The molecule has 1 saturated heterocycles. The third kappa shape index (κ3) is 3.30. The fraction of sp³-hybridized carbons (Fsp3) is 0.462. The summed E-state index contributed by atoms with van der Waals surface area (Å²) in [4.78, 5) is 0. The number of morpholine rings is 1. The largest absolute Gasteiger partial charge is 0.454 e. The van der Waals surface area contributed by atoms with E-state index in [1.807, 2.05) is 18.2 Å². The van der Waals surface area contributed by atoms with Gasteiger partial charge in [-0.1, -0.05) is 6.07 Å². The fourth-order valence-corrected chi connectivity index (χ4v) is 2.29. The summed E-state index contributed by atoms with van der Waals surface area (Å²) < 4.78 is 15.9. The lowest BCUT2D eigenvalue weighted by Crippen LogP contribution is -2.51. The number of nitrogens with zero attached hydrogens (tertiary/aromatic N) is 1. The zero-order valence-electron chi connectivity index (χ0n) is 11.1. The van der Waals surface area contributed by atoms with Gasteiger partial charge in [-0.25, -0.2) is 5.01 Å². The van der Waals surface area contributed by atoms with Gasteiger partial charge in [-0.2, -0.15) is 0 Å². The molecule has 7 heteroatoms. The molecule has 2 aliphatic heterocycles. The van der Waals surface area contributed by atoms with Crippen molar-refractivity contribution in [3.8, 4) is 11.5 Å². The van der Waals surface area contributed by atoms with E-state index in [4.69, 9.17) is 26.4 Å². The van der Waals surface area contributed by atoms with Gasteiger partial charge in [-0.15, -0.1) is 0 Å². The summed E-state index contributed by atoms with van der Waals surface area (Å²) >= 11 is 5.27. The molecule has 1 fully saturated rings. The molecule has 0 amide bonds. The quantitative estimate of drug-likeness (QED) is 0.793. The lowest BCUT2D eigenvalue weighted by atomic mass is 10.2. The highest BCUT2D eigenvalue weighted by molar-refractivity contribution is 7.80. The van der Waals surface area contributed by atoms with Crippen molar-refractivity contribution >= 4 is 17.3 Å². The molecule has 108 valence electrons. The highest BCUT2D eigenvalue weighted by Gasteiger charge is 2.14. The number of ether oxygens (including phenoxy) is 3. The first-order chi connectivity index (χ1) is 9.81. The van der Waals surface area contributed by atoms with E-state index >= 15 is 0 Å². The molecule has 0 saturated carbocycles. The molecule has 1 aromatic carbocycles. The standard InChI is InChI=1S/C13H17N3O3S/c20-13(15-16-3-5-17-6-4-16)14-8-10-1-2-11-12(7-10)19-9-18-11/h1-2,7H,3-6,8-9H2,(H2,14,15,20). The Kier molecular flexibility index (Phi) is 4.19. The molecule has 0 bridgehead atoms. The van der Waals surface area contributed by atoms with E-state index in [9.17, 15) is 0 Å². The smallest absolute Gasteiger partial charge is 0.231 e. The maximum absolute atomic E-state index is 5.35. The molecule has 2 aliphatic rings. The van der Waals surface area contributed by atoms with Crippen LogP contribution in [-0.2, 0) is 11.3 Å². The SMILES string of the molecule is S=C(NCc1ccc2c(c1)OCO2)NN1CCOCC1. The Hall–Kier alpha value is -1.57. The van der Waals surface area contributed by atoms with Crippen molar-refractivity contribution in [1.82, 2.24) is 15.8 Å². The number of hydrazine groups is 1. The number of thiocarbonyl (C=S) groups is 1. The topological polar surface area (TPSA) is 55.0 Å². The first kappa shape index (κ1) is 13.4. The van der Waals surface area contributed by atoms with Crippen LogP contribution in [0.25, 0.3) is 0 Å². The van der Waals surface area contributed by atoms with E-state index in [0.29, 0.717) is 18.5 Å². The summed E-state index contributed by atoms with van der Waals surface area (Å²) in [6.45, 7) is 4.09. The fourth-order valence-electron chi connectivity index (χ4n) is 2.09. The van der Waals surface area contributed by atoms with Gasteiger partial charge in [0.15, 0.2) is 16.6 Å². The molecule has 0 spiro atoms. The van der Waals surface area contributed by atoms with E-state index < -0.39 is 0 Å². The van der Waals surface area contributed by atoms with E-state index in [-0.39, 0.29) is 0 Å². The Bertz CT molecular complexity index is 492. The van der Waals surface area contributed by atoms with Crippen LogP contribution in [0.4, 0.5) is 0 Å². The Morgan fingerprint density at radius 1 is 1.20 bits per heavy atom. The van der Waals surface area contributed by atoms with E-state index in [2.05, 4.69) is 15.8 Å². The average molecular weight is 295 g/mol. The van der Waals surface area contributed by atoms with Crippen LogP contribution < -0.4 is 20.2 Å². The zero-order valence-corrected chi connectivity index (χ0v) is 11.9. The van der Waals surface area contributed by atoms with Gasteiger partial charge in [0.2, 0.25) is 6.79 Å². The molecule has 6 nitrogen and oxygen atoms in total. The minimum absolute atomic E-state index is 0.295. The van der Waals surface area contributed by atoms with E-state index in [1.54, 1.807) is 0 Å². The van der Waals surface area contributed by atoms with Gasteiger partial charge >= 0.3 is 0 Å². The monoisotopic (exact) mass is 295 g/mol. The van der Waals surface area contributed by atoms with E-state index in [0.717, 1.165) is 43.4 Å². The van der Waals surface area contributed by atoms with Crippen molar-refractivity contribution in [2.24, 2.45) is 0 Å². The number of hydrogen-bond donors (Lipinski definition) is 2. The molecule has 1 aromatic rings. The molecule has 0 aromatic heterocycles. The molecule has 0 aliphatic carbocycles. The number of rotatable bonds is 3. The van der Waals surface area contributed by atoms with Gasteiger partial charge in [0.05, 0.1) is 13.2 Å². The molecule has 20 heavy (non-hydrogen) atoms. The predicted molar refractivity (Wildman–Crippen MR) is 77.5 cm³/mol. The first-order valence-corrected chi connectivity index (χ1v) is 6.98. The molecule has 0 atom stereocenters. The lowest BCUT2D eigenvalue weighted by molar-refractivity contribution is 0.0247. The van der Waals surface area contributed by atoms with Crippen LogP contribution in [0, 0.1) is 0 Å². The van der Waals surface area contributed by atoms with Gasteiger partial charge in [-0.3, -0.25) is 5.43 Å². The zero-order chi connectivity index (χ0) is 13.8. The van der Waals surface area contributed by atoms with Gasteiger partial charge in [-0.05, 0) is 29.9 Å². The Morgan fingerprint density at radius 2 is 2.00 bits per heavy atom. The van der Waals surface area contributed by atoms with Crippen LogP contribution in [0.5, 0.6) is 11.5 Å². The molecule has 3 rings (SSSR count). The highest BCUT2D eigenvalue weighted by Crippen LogP contribution is 2.32. The van der Waals surface area contributed by atoms with Gasteiger partial charge in [0.25, 0.3) is 0 Å². The molecule has 0 unspecified atom stereocenters. The number of hydrogen-bond acceptors (Lipinski definition) is 5. The summed E-state index contributed by atoms with van der Waals surface area (Å²) in [6.07, 6.45) is 0. The average Bonchev–Trinajstić information content (AvgIpc) is 2.93. The van der Waals surface area contributed by atoms with Crippen LogP contribution in [0.3, 0.4) is 0 Å². The van der Waals surface area contributed by atoms with Gasteiger partial charge in [0.1, 0.15) is 0 Å². The Labute approximate surface area is 123 Å². The Morgan fingerprint density at radius 3 is 2.85 bits per heavy atom. The second-order valence-corrected chi connectivity index (χ2v) is 4.99. The van der Waals surface area contributed by atoms with Crippen molar-refractivity contribution in [3.05, 3.63) is 23.8 Å². The maximum atomic E-state index is 5.35. The molecular weight excluding hydrogens is 278 g/mol. The molecule has 2 heterocycles. The lowest BCUT2D eigenvalue weighted by Gasteiger charge is -2.28. The summed E-state index contributed by atoms with van der Waals surface area (Å²) in [5.41, 5.74) is 4.26. The predicted octanol–water partition coefficient (Wildman–Crippen LogP) is 0.627. The van der Waals surface area contributed by atoms with Crippen molar-refractivity contribution in [1.29, 1.82) is 0 Å². The third-order valence-corrected chi connectivity index (χ3v) is 3.40. The van der Waals surface area contributed by atoms with Crippen LogP contribution in [0.15, 0.2) is 18.2 Å². The number of fused-ring (bicyclic) bond motifs is 1. The minimum atomic E-state index is 0.295. The highest BCUT2D eigenvalue weighted by atomic mass is 32.1.